The molecule has 0 aliphatic carbocycles. The van der Waals surface area contributed by atoms with Crippen molar-refractivity contribution >= 4 is 23.6 Å². The second kappa shape index (κ2) is 6.23. The molecule has 1 amide bonds. The summed E-state index contributed by atoms with van der Waals surface area (Å²) in [4.78, 5) is 24.6. The molecular formula is C15H18N2O3. The van der Waals surface area contributed by atoms with Crippen LogP contribution in [0.5, 0.6) is 0 Å². The van der Waals surface area contributed by atoms with Crippen LogP contribution in [0.15, 0.2) is 30.3 Å². The van der Waals surface area contributed by atoms with Crippen LogP contribution in [-0.2, 0) is 9.59 Å². The van der Waals surface area contributed by atoms with E-state index >= 15 is 0 Å². The third-order valence-corrected chi connectivity index (χ3v) is 3.44. The van der Waals surface area contributed by atoms with Gasteiger partial charge in [-0.3, -0.25) is 9.59 Å². The van der Waals surface area contributed by atoms with Gasteiger partial charge in [0.25, 0.3) is 0 Å². The van der Waals surface area contributed by atoms with Crippen molar-refractivity contribution in [2.24, 2.45) is 5.92 Å². The lowest BCUT2D eigenvalue weighted by Gasteiger charge is -2.29. The van der Waals surface area contributed by atoms with Gasteiger partial charge in [-0.1, -0.05) is 12.1 Å². The van der Waals surface area contributed by atoms with Crippen molar-refractivity contribution in [1.82, 2.24) is 4.90 Å². The first kappa shape index (κ1) is 14.1. The smallest absolute Gasteiger partial charge is 0.308 e. The van der Waals surface area contributed by atoms with E-state index in [9.17, 15) is 9.59 Å². The Morgan fingerprint density at radius 2 is 2.00 bits per heavy atom. The van der Waals surface area contributed by atoms with Gasteiger partial charge in [-0.2, -0.15) is 0 Å². The molecule has 1 aromatic carbocycles. The number of carbonyl (C=O) groups is 2. The maximum atomic E-state index is 12.0. The van der Waals surface area contributed by atoms with Crippen molar-refractivity contribution in [3.05, 3.63) is 35.9 Å². The monoisotopic (exact) mass is 274 g/mol. The summed E-state index contributed by atoms with van der Waals surface area (Å²) < 4.78 is 0. The van der Waals surface area contributed by atoms with E-state index in [4.69, 9.17) is 10.8 Å². The van der Waals surface area contributed by atoms with E-state index in [1.807, 2.05) is 12.1 Å². The average molecular weight is 274 g/mol. The topological polar surface area (TPSA) is 83.6 Å². The van der Waals surface area contributed by atoms with Gasteiger partial charge in [-0.15, -0.1) is 0 Å². The van der Waals surface area contributed by atoms with Crippen LogP contribution >= 0.6 is 0 Å². The molecule has 3 N–H and O–H groups in total. The molecule has 0 radical (unpaired) electrons. The lowest BCUT2D eigenvalue weighted by Crippen LogP contribution is -2.41. The Bertz CT molecular complexity index is 522. The minimum atomic E-state index is -0.829. The second-order valence-corrected chi connectivity index (χ2v) is 4.96. The number of carbonyl (C=O) groups excluding carboxylic acids is 1. The summed E-state index contributed by atoms with van der Waals surface area (Å²) in [6.07, 6.45) is 4.57. The number of aliphatic carboxylic acids is 1. The molecule has 5 heteroatoms. The highest BCUT2D eigenvalue weighted by Crippen LogP contribution is 2.17. The van der Waals surface area contributed by atoms with Crippen molar-refractivity contribution in [2.45, 2.75) is 12.8 Å². The number of nitrogen functional groups attached to an aromatic ring is 1. The number of carboxylic acid groups (broad SMARTS) is 1. The average Bonchev–Trinajstić information content (AvgIpc) is 2.46. The molecule has 1 atom stereocenters. The molecule has 1 heterocycles. The van der Waals surface area contributed by atoms with Gasteiger partial charge in [0.1, 0.15) is 0 Å². The third kappa shape index (κ3) is 3.60. The van der Waals surface area contributed by atoms with Crippen LogP contribution in [0.3, 0.4) is 0 Å². The number of carboxylic acids is 1. The standard InChI is InChI=1S/C15H18N2O3/c16-13-6-3-11(4-7-13)5-8-14(18)17-9-1-2-12(10-17)15(19)20/h3-8,12H,1-2,9-10,16H2,(H,19,20)/b8-5+/t12-/m1/s1. The molecule has 1 aliphatic rings. The Kier molecular flexibility index (Phi) is 4.40. The zero-order valence-corrected chi connectivity index (χ0v) is 11.2. The zero-order valence-electron chi connectivity index (χ0n) is 11.2. The molecule has 0 bridgehead atoms. The summed E-state index contributed by atoms with van der Waals surface area (Å²) in [6, 6.07) is 7.20. The summed E-state index contributed by atoms with van der Waals surface area (Å²) in [7, 11) is 0. The minimum Gasteiger partial charge on any atom is -0.481 e. The van der Waals surface area contributed by atoms with Crippen molar-refractivity contribution in [2.75, 3.05) is 18.8 Å². The molecule has 5 nitrogen and oxygen atoms in total. The maximum absolute atomic E-state index is 12.0. The summed E-state index contributed by atoms with van der Waals surface area (Å²) in [5.74, 6) is -1.42. The summed E-state index contributed by atoms with van der Waals surface area (Å²) in [5.41, 5.74) is 7.15. The van der Waals surface area contributed by atoms with E-state index in [2.05, 4.69) is 0 Å². The fourth-order valence-electron chi connectivity index (χ4n) is 2.26. The largest absolute Gasteiger partial charge is 0.481 e. The highest BCUT2D eigenvalue weighted by molar-refractivity contribution is 5.92. The van der Waals surface area contributed by atoms with E-state index in [-0.39, 0.29) is 5.91 Å². The Morgan fingerprint density at radius 1 is 1.30 bits per heavy atom. The first-order valence-corrected chi connectivity index (χ1v) is 6.61. The van der Waals surface area contributed by atoms with Crippen molar-refractivity contribution in [3.8, 4) is 0 Å². The van der Waals surface area contributed by atoms with Gasteiger partial charge in [-0.05, 0) is 36.6 Å². The SMILES string of the molecule is Nc1ccc(/C=C/C(=O)N2CCC[C@@H](C(=O)O)C2)cc1. The van der Waals surface area contributed by atoms with Crippen LogP contribution in [0.25, 0.3) is 6.08 Å². The summed E-state index contributed by atoms with van der Waals surface area (Å²) >= 11 is 0. The number of rotatable bonds is 3. The molecule has 2 rings (SSSR count). The fraction of sp³-hybridized carbons (Fsp3) is 0.333. The quantitative estimate of drug-likeness (QED) is 0.648. The number of nitrogens with two attached hydrogens (primary N) is 1. The van der Waals surface area contributed by atoms with E-state index < -0.39 is 11.9 Å². The van der Waals surface area contributed by atoms with Crippen molar-refractivity contribution < 1.29 is 14.7 Å². The van der Waals surface area contributed by atoms with E-state index in [1.165, 1.54) is 6.08 Å². The number of likely N-dealkylation sites (tertiary alicyclic amines) is 1. The van der Waals surface area contributed by atoms with Gasteiger partial charge in [0.2, 0.25) is 5.91 Å². The maximum Gasteiger partial charge on any atom is 0.308 e. The second-order valence-electron chi connectivity index (χ2n) is 4.96. The first-order valence-electron chi connectivity index (χ1n) is 6.61. The lowest BCUT2D eigenvalue weighted by molar-refractivity contribution is -0.144. The normalized spacial score (nSPS) is 19.2. The van der Waals surface area contributed by atoms with Crippen LogP contribution in [0.4, 0.5) is 5.69 Å². The Balaban J connectivity index is 1.97. The van der Waals surface area contributed by atoms with Crippen LogP contribution in [0.1, 0.15) is 18.4 Å². The van der Waals surface area contributed by atoms with Crippen molar-refractivity contribution in [3.63, 3.8) is 0 Å². The van der Waals surface area contributed by atoms with E-state index in [1.54, 1.807) is 23.1 Å². The molecule has 0 aromatic heterocycles. The Hall–Kier alpha value is -2.30. The number of hydrogen-bond donors (Lipinski definition) is 2. The van der Waals surface area contributed by atoms with Gasteiger partial charge in [0.05, 0.1) is 5.92 Å². The van der Waals surface area contributed by atoms with E-state index in [0.717, 1.165) is 12.0 Å². The fourth-order valence-corrected chi connectivity index (χ4v) is 2.26. The van der Waals surface area contributed by atoms with Crippen LogP contribution in [0.2, 0.25) is 0 Å². The first-order chi connectivity index (χ1) is 9.56. The van der Waals surface area contributed by atoms with Gasteiger partial charge >= 0.3 is 5.97 Å². The number of benzene rings is 1. The zero-order chi connectivity index (χ0) is 14.5. The number of hydrogen-bond acceptors (Lipinski definition) is 3. The number of amides is 1. The van der Waals surface area contributed by atoms with Crippen LogP contribution < -0.4 is 5.73 Å². The molecule has 106 valence electrons. The Labute approximate surface area is 117 Å². The predicted molar refractivity (Wildman–Crippen MR) is 76.8 cm³/mol. The van der Waals surface area contributed by atoms with Gasteiger partial charge in [0.15, 0.2) is 0 Å². The molecule has 1 aliphatic heterocycles. The molecule has 1 aromatic rings. The van der Waals surface area contributed by atoms with E-state index in [0.29, 0.717) is 25.2 Å². The molecule has 0 unspecified atom stereocenters. The highest BCUT2D eigenvalue weighted by atomic mass is 16.4. The highest BCUT2D eigenvalue weighted by Gasteiger charge is 2.26. The number of piperidine rings is 1. The lowest BCUT2D eigenvalue weighted by atomic mass is 9.98. The van der Waals surface area contributed by atoms with Gasteiger partial charge in [-0.25, -0.2) is 0 Å². The molecular weight excluding hydrogens is 256 g/mol. The van der Waals surface area contributed by atoms with Crippen LogP contribution in [0, 0.1) is 5.92 Å². The summed E-state index contributed by atoms with van der Waals surface area (Å²) in [5, 5.41) is 9.00. The Morgan fingerprint density at radius 3 is 2.65 bits per heavy atom. The van der Waals surface area contributed by atoms with Crippen molar-refractivity contribution in [1.29, 1.82) is 0 Å². The van der Waals surface area contributed by atoms with Gasteiger partial charge in [0, 0.05) is 24.9 Å². The molecule has 1 fully saturated rings. The minimum absolute atomic E-state index is 0.146. The molecule has 1 saturated heterocycles. The predicted octanol–water partition coefficient (Wildman–Crippen LogP) is 1.61. The molecule has 0 spiro atoms. The number of nitrogens with zero attached hydrogens (tertiary/aromatic N) is 1. The number of anilines is 1. The van der Waals surface area contributed by atoms with Crippen LogP contribution in [-0.4, -0.2) is 35.0 Å². The van der Waals surface area contributed by atoms with Gasteiger partial charge < -0.3 is 15.7 Å². The third-order valence-electron chi connectivity index (χ3n) is 3.44. The summed E-state index contributed by atoms with van der Waals surface area (Å²) in [6.45, 7) is 0.912. The molecule has 0 saturated carbocycles. The molecule has 20 heavy (non-hydrogen) atoms.